The van der Waals surface area contributed by atoms with Gasteiger partial charge in [-0.05, 0) is 50.9 Å². The highest BCUT2D eigenvalue weighted by atomic mass is 16.5. The predicted molar refractivity (Wildman–Crippen MR) is 105 cm³/mol. The van der Waals surface area contributed by atoms with Crippen molar-refractivity contribution < 1.29 is 4.74 Å². The van der Waals surface area contributed by atoms with E-state index in [4.69, 9.17) is 9.72 Å². The van der Waals surface area contributed by atoms with E-state index in [1.54, 1.807) is 0 Å². The van der Waals surface area contributed by atoms with Crippen molar-refractivity contribution in [1.82, 2.24) is 14.9 Å². The van der Waals surface area contributed by atoms with Crippen molar-refractivity contribution in [2.24, 2.45) is 11.8 Å². The van der Waals surface area contributed by atoms with E-state index in [0.717, 1.165) is 61.1 Å². The molecule has 1 aromatic rings. The third kappa shape index (κ3) is 3.61. The van der Waals surface area contributed by atoms with Gasteiger partial charge in [-0.1, -0.05) is 6.92 Å². The fraction of sp³-hybridized carbons (Fsp3) is 0.810. The highest BCUT2D eigenvalue weighted by molar-refractivity contribution is 5.40. The van der Waals surface area contributed by atoms with Crippen LogP contribution < -0.4 is 4.90 Å². The zero-order chi connectivity index (χ0) is 18.1. The van der Waals surface area contributed by atoms with Crippen LogP contribution in [0.2, 0.25) is 0 Å². The summed E-state index contributed by atoms with van der Waals surface area (Å²) >= 11 is 0. The second-order valence-electron chi connectivity index (χ2n) is 8.50. The molecule has 3 atom stereocenters. The largest absolute Gasteiger partial charge is 0.381 e. The number of hydrogen-bond donors (Lipinski definition) is 0. The fourth-order valence-corrected chi connectivity index (χ4v) is 5.46. The lowest BCUT2D eigenvalue weighted by Gasteiger charge is -2.44. The molecule has 3 fully saturated rings. The summed E-state index contributed by atoms with van der Waals surface area (Å²) in [5.74, 6) is 3.66. The van der Waals surface area contributed by atoms with Gasteiger partial charge < -0.3 is 9.64 Å². The van der Waals surface area contributed by atoms with E-state index in [1.807, 2.05) is 7.11 Å². The maximum Gasteiger partial charge on any atom is 0.132 e. The van der Waals surface area contributed by atoms with Crippen LogP contribution in [-0.4, -0.2) is 60.3 Å². The van der Waals surface area contributed by atoms with Gasteiger partial charge in [0.15, 0.2) is 0 Å². The van der Waals surface area contributed by atoms with E-state index < -0.39 is 0 Å². The van der Waals surface area contributed by atoms with Crippen LogP contribution in [0.4, 0.5) is 5.82 Å². The number of piperidine rings is 2. The van der Waals surface area contributed by atoms with Crippen molar-refractivity contribution >= 4 is 5.82 Å². The van der Waals surface area contributed by atoms with Crippen LogP contribution in [-0.2, 0) is 11.2 Å². The summed E-state index contributed by atoms with van der Waals surface area (Å²) in [5.41, 5.74) is 1.10. The van der Waals surface area contributed by atoms with Crippen molar-refractivity contribution in [3.8, 4) is 0 Å². The quantitative estimate of drug-likeness (QED) is 0.809. The lowest BCUT2D eigenvalue weighted by Crippen LogP contribution is -2.53. The SMILES string of the molecule is CCCc1nc(C)cc(N2CCC(N3C[C@H]4CC[C@@H](C3)C4OC)CC2)n1. The summed E-state index contributed by atoms with van der Waals surface area (Å²) in [5, 5.41) is 0. The molecule has 3 aliphatic rings. The van der Waals surface area contributed by atoms with Gasteiger partial charge in [-0.15, -0.1) is 0 Å². The third-order valence-corrected chi connectivity index (χ3v) is 6.71. The molecule has 4 rings (SSSR count). The van der Waals surface area contributed by atoms with Gasteiger partial charge in [-0.3, -0.25) is 4.90 Å². The van der Waals surface area contributed by atoms with Gasteiger partial charge in [0.1, 0.15) is 11.6 Å². The molecule has 26 heavy (non-hydrogen) atoms. The van der Waals surface area contributed by atoms with Crippen LogP contribution in [0.3, 0.4) is 0 Å². The van der Waals surface area contributed by atoms with E-state index >= 15 is 0 Å². The first-order valence-corrected chi connectivity index (χ1v) is 10.5. The first-order valence-electron chi connectivity index (χ1n) is 10.5. The van der Waals surface area contributed by atoms with E-state index in [-0.39, 0.29) is 0 Å². The van der Waals surface area contributed by atoms with Crippen molar-refractivity contribution in [3.63, 3.8) is 0 Å². The predicted octanol–water partition coefficient (Wildman–Crippen LogP) is 3.06. The van der Waals surface area contributed by atoms with Crippen LogP contribution in [0.25, 0.3) is 0 Å². The number of fused-ring (bicyclic) bond motifs is 2. The molecule has 144 valence electrons. The summed E-state index contributed by atoms with van der Waals surface area (Å²) < 4.78 is 5.78. The minimum atomic E-state index is 0.521. The molecule has 1 unspecified atom stereocenters. The van der Waals surface area contributed by atoms with Gasteiger partial charge in [-0.25, -0.2) is 9.97 Å². The Bertz CT molecular complexity index is 600. The summed E-state index contributed by atoms with van der Waals surface area (Å²) in [4.78, 5) is 14.7. The molecular formula is C21H34N4O. The summed E-state index contributed by atoms with van der Waals surface area (Å²) in [6, 6.07) is 2.90. The molecule has 0 spiro atoms. The van der Waals surface area contributed by atoms with Crippen molar-refractivity contribution in [2.45, 2.75) is 64.5 Å². The molecule has 0 amide bonds. The average molecular weight is 359 g/mol. The second-order valence-corrected chi connectivity index (χ2v) is 8.50. The third-order valence-electron chi connectivity index (χ3n) is 6.71. The molecule has 1 aliphatic carbocycles. The van der Waals surface area contributed by atoms with E-state index in [0.29, 0.717) is 6.10 Å². The molecule has 5 heteroatoms. The Hall–Kier alpha value is -1.20. The minimum Gasteiger partial charge on any atom is -0.381 e. The standard InChI is InChI=1S/C21H34N4O/c1-4-5-19-22-15(2)12-20(23-19)24-10-8-18(9-11-24)25-13-16-6-7-17(14-25)21(16)26-3/h12,16-18,21H,4-11,13-14H2,1-3H3/t16-,17+,21?. The number of methoxy groups -OCH3 is 1. The summed E-state index contributed by atoms with van der Waals surface area (Å²) in [6.45, 7) is 9.00. The first-order chi connectivity index (χ1) is 12.7. The van der Waals surface area contributed by atoms with Gasteiger partial charge in [0.05, 0.1) is 6.10 Å². The van der Waals surface area contributed by atoms with E-state index in [2.05, 4.69) is 34.7 Å². The van der Waals surface area contributed by atoms with Crippen molar-refractivity contribution in [3.05, 3.63) is 17.6 Å². The van der Waals surface area contributed by atoms with Crippen LogP contribution in [0.1, 0.15) is 50.5 Å². The number of rotatable bonds is 5. The molecule has 0 N–H and O–H groups in total. The normalized spacial score (nSPS) is 30.1. The Balaban J connectivity index is 1.36. The second kappa shape index (κ2) is 7.81. The number of hydrogen-bond acceptors (Lipinski definition) is 5. The van der Waals surface area contributed by atoms with Crippen LogP contribution >= 0.6 is 0 Å². The maximum atomic E-state index is 5.78. The number of aryl methyl sites for hydroxylation is 2. The molecule has 1 aromatic heterocycles. The molecule has 3 heterocycles. The topological polar surface area (TPSA) is 41.5 Å². The molecule has 1 saturated carbocycles. The van der Waals surface area contributed by atoms with E-state index in [9.17, 15) is 0 Å². The number of ether oxygens (including phenoxy) is 1. The lowest BCUT2D eigenvalue weighted by atomic mass is 9.91. The molecule has 0 radical (unpaired) electrons. The molecule has 0 aromatic carbocycles. The Labute approximate surface area is 158 Å². The van der Waals surface area contributed by atoms with Crippen molar-refractivity contribution in [1.29, 1.82) is 0 Å². The van der Waals surface area contributed by atoms with Gasteiger partial charge in [0.25, 0.3) is 0 Å². The number of likely N-dealkylation sites (tertiary alicyclic amines) is 1. The Morgan fingerprint density at radius 3 is 2.38 bits per heavy atom. The van der Waals surface area contributed by atoms with Crippen LogP contribution in [0.5, 0.6) is 0 Å². The van der Waals surface area contributed by atoms with Gasteiger partial charge in [0, 0.05) is 57.5 Å². The van der Waals surface area contributed by atoms with Gasteiger partial charge >= 0.3 is 0 Å². The van der Waals surface area contributed by atoms with Crippen molar-refractivity contribution in [2.75, 3.05) is 38.2 Å². The molecular weight excluding hydrogens is 324 g/mol. The lowest BCUT2D eigenvalue weighted by molar-refractivity contribution is -0.0306. The maximum absolute atomic E-state index is 5.78. The number of anilines is 1. The molecule has 5 nitrogen and oxygen atoms in total. The zero-order valence-corrected chi connectivity index (χ0v) is 16.7. The summed E-state index contributed by atoms with van der Waals surface area (Å²) in [7, 11) is 1.90. The zero-order valence-electron chi connectivity index (χ0n) is 16.7. The fourth-order valence-electron chi connectivity index (χ4n) is 5.46. The monoisotopic (exact) mass is 358 g/mol. The highest BCUT2D eigenvalue weighted by Gasteiger charge is 2.44. The number of nitrogens with zero attached hydrogens (tertiary/aromatic N) is 4. The van der Waals surface area contributed by atoms with Gasteiger partial charge in [0.2, 0.25) is 0 Å². The van der Waals surface area contributed by atoms with Crippen LogP contribution in [0, 0.1) is 18.8 Å². The average Bonchev–Trinajstić information content (AvgIpc) is 2.89. The first kappa shape index (κ1) is 18.2. The van der Waals surface area contributed by atoms with Crippen LogP contribution in [0.15, 0.2) is 6.07 Å². The minimum absolute atomic E-state index is 0.521. The Morgan fingerprint density at radius 2 is 1.77 bits per heavy atom. The Kier molecular flexibility index (Phi) is 5.46. The Morgan fingerprint density at radius 1 is 1.08 bits per heavy atom. The smallest absolute Gasteiger partial charge is 0.132 e. The molecule has 2 aliphatic heterocycles. The molecule has 2 saturated heterocycles. The van der Waals surface area contributed by atoms with E-state index in [1.165, 1.54) is 38.8 Å². The van der Waals surface area contributed by atoms with Gasteiger partial charge in [-0.2, -0.15) is 0 Å². The highest BCUT2D eigenvalue weighted by Crippen LogP contribution is 2.40. The number of aromatic nitrogens is 2. The molecule has 2 bridgehead atoms. The summed E-state index contributed by atoms with van der Waals surface area (Å²) in [6.07, 6.45) is 7.82.